The number of fused-ring (bicyclic) bond motifs is 4. The van der Waals surface area contributed by atoms with Crippen LogP contribution in [0.4, 0.5) is 4.39 Å². The number of imidazole rings is 1. The highest BCUT2D eigenvalue weighted by Gasteiger charge is 2.21. The third-order valence-corrected chi connectivity index (χ3v) is 5.41. The average molecular weight is 393 g/mol. The molecule has 6 rings (SSSR count). The summed E-state index contributed by atoms with van der Waals surface area (Å²) in [6, 6.07) is 22.7. The van der Waals surface area contributed by atoms with Gasteiger partial charge in [-0.25, -0.2) is 9.37 Å². The summed E-state index contributed by atoms with van der Waals surface area (Å²) >= 11 is 0. The maximum absolute atomic E-state index is 14.8. The van der Waals surface area contributed by atoms with Gasteiger partial charge in [0.25, 0.3) is 0 Å². The van der Waals surface area contributed by atoms with E-state index in [1.807, 2.05) is 67.6 Å². The fraction of sp³-hybridized carbons (Fsp3) is 0.0400. The van der Waals surface area contributed by atoms with Gasteiger partial charge in [0.1, 0.15) is 28.3 Å². The summed E-state index contributed by atoms with van der Waals surface area (Å²) in [5.74, 6) is 0.381. The second-order valence-electron chi connectivity index (χ2n) is 7.32. The van der Waals surface area contributed by atoms with Gasteiger partial charge in [0.2, 0.25) is 0 Å². The number of benzene rings is 3. The number of para-hydroxylation sites is 2. The van der Waals surface area contributed by atoms with E-state index in [2.05, 4.69) is 9.55 Å². The van der Waals surface area contributed by atoms with Crippen LogP contribution in [0.1, 0.15) is 5.69 Å². The van der Waals surface area contributed by atoms with E-state index in [0.29, 0.717) is 22.4 Å². The molecule has 0 aliphatic rings. The van der Waals surface area contributed by atoms with Crippen molar-refractivity contribution in [1.29, 1.82) is 0 Å². The molecule has 0 saturated carbocycles. The van der Waals surface area contributed by atoms with Crippen LogP contribution in [-0.2, 0) is 0 Å². The Morgan fingerprint density at radius 1 is 0.933 bits per heavy atom. The Bertz CT molecular complexity index is 1560. The standard InChI is InChI=1S/C25H16FN3O/c1-15-13-21-20(14-27-15)28-25(29(21)16-7-3-2-4-8-16)18-11-12-19(26)23-17-9-5-6-10-22(17)30-24(18)23/h2-14H,1H3. The summed E-state index contributed by atoms with van der Waals surface area (Å²) in [7, 11) is 0. The Balaban J connectivity index is 1.76. The van der Waals surface area contributed by atoms with Gasteiger partial charge in [0.15, 0.2) is 0 Å². The number of halogens is 1. The predicted molar refractivity (Wildman–Crippen MR) is 116 cm³/mol. The monoisotopic (exact) mass is 393 g/mol. The van der Waals surface area contributed by atoms with Gasteiger partial charge in [0.05, 0.1) is 22.7 Å². The van der Waals surface area contributed by atoms with Gasteiger partial charge in [-0.1, -0.05) is 36.4 Å². The van der Waals surface area contributed by atoms with Crippen LogP contribution in [0.2, 0.25) is 0 Å². The lowest BCUT2D eigenvalue weighted by Crippen LogP contribution is -1.98. The Morgan fingerprint density at radius 3 is 2.60 bits per heavy atom. The van der Waals surface area contributed by atoms with Crippen LogP contribution in [-0.4, -0.2) is 14.5 Å². The average Bonchev–Trinajstić information content (AvgIpc) is 3.33. The molecular weight excluding hydrogens is 377 g/mol. The van der Waals surface area contributed by atoms with Crippen molar-refractivity contribution >= 4 is 33.0 Å². The van der Waals surface area contributed by atoms with Gasteiger partial charge in [-0.05, 0) is 43.3 Å². The van der Waals surface area contributed by atoms with Crippen molar-refractivity contribution in [2.45, 2.75) is 6.92 Å². The van der Waals surface area contributed by atoms with E-state index in [-0.39, 0.29) is 5.82 Å². The SMILES string of the molecule is Cc1cc2c(cn1)nc(-c1ccc(F)c3c1oc1ccccc13)n2-c1ccccc1. The van der Waals surface area contributed by atoms with Crippen LogP contribution >= 0.6 is 0 Å². The van der Waals surface area contributed by atoms with E-state index in [0.717, 1.165) is 33.4 Å². The number of hydrogen-bond donors (Lipinski definition) is 0. The summed E-state index contributed by atoms with van der Waals surface area (Å²) in [6.07, 6.45) is 1.77. The molecule has 0 bridgehead atoms. The first-order chi connectivity index (χ1) is 14.7. The molecule has 0 aliphatic heterocycles. The highest BCUT2D eigenvalue weighted by atomic mass is 19.1. The smallest absolute Gasteiger partial charge is 0.149 e. The minimum atomic E-state index is -0.307. The van der Waals surface area contributed by atoms with Crippen molar-refractivity contribution in [2.75, 3.05) is 0 Å². The maximum atomic E-state index is 14.8. The van der Waals surface area contributed by atoms with Crippen LogP contribution in [0, 0.1) is 12.7 Å². The van der Waals surface area contributed by atoms with E-state index in [1.165, 1.54) is 6.07 Å². The first-order valence-electron chi connectivity index (χ1n) is 9.71. The lowest BCUT2D eigenvalue weighted by Gasteiger charge is -2.10. The molecule has 0 N–H and O–H groups in total. The molecule has 0 saturated heterocycles. The van der Waals surface area contributed by atoms with E-state index in [9.17, 15) is 4.39 Å². The number of pyridine rings is 1. The minimum absolute atomic E-state index is 0.307. The fourth-order valence-corrected chi connectivity index (χ4v) is 4.06. The topological polar surface area (TPSA) is 43.9 Å². The van der Waals surface area contributed by atoms with Gasteiger partial charge >= 0.3 is 0 Å². The van der Waals surface area contributed by atoms with Crippen molar-refractivity contribution in [3.05, 3.63) is 90.5 Å². The molecule has 30 heavy (non-hydrogen) atoms. The molecule has 0 aliphatic carbocycles. The largest absolute Gasteiger partial charge is 0.455 e. The molecule has 5 heteroatoms. The molecule has 0 amide bonds. The molecule has 3 aromatic heterocycles. The Kier molecular flexibility index (Phi) is 3.53. The second-order valence-corrected chi connectivity index (χ2v) is 7.32. The minimum Gasteiger partial charge on any atom is -0.455 e. The van der Waals surface area contributed by atoms with E-state index in [1.54, 1.807) is 12.3 Å². The van der Waals surface area contributed by atoms with Gasteiger partial charge in [-0.2, -0.15) is 0 Å². The van der Waals surface area contributed by atoms with Crippen LogP contribution in [0.15, 0.2) is 83.4 Å². The first kappa shape index (κ1) is 16.9. The lowest BCUT2D eigenvalue weighted by molar-refractivity contribution is 0.634. The number of aryl methyl sites for hydroxylation is 1. The molecular formula is C25H16FN3O. The number of rotatable bonds is 2. The molecule has 3 aromatic carbocycles. The van der Waals surface area contributed by atoms with E-state index >= 15 is 0 Å². The molecule has 6 aromatic rings. The van der Waals surface area contributed by atoms with Crippen LogP contribution < -0.4 is 0 Å². The van der Waals surface area contributed by atoms with Gasteiger partial charge in [-0.3, -0.25) is 9.55 Å². The predicted octanol–water partition coefficient (Wildman–Crippen LogP) is 6.43. The van der Waals surface area contributed by atoms with E-state index < -0.39 is 0 Å². The zero-order valence-electron chi connectivity index (χ0n) is 16.1. The number of aromatic nitrogens is 3. The summed E-state index contributed by atoms with van der Waals surface area (Å²) in [6.45, 7) is 1.96. The Labute approximate surface area is 171 Å². The molecule has 0 unspecified atom stereocenters. The highest BCUT2D eigenvalue weighted by molar-refractivity contribution is 6.09. The fourth-order valence-electron chi connectivity index (χ4n) is 4.06. The van der Waals surface area contributed by atoms with Crippen LogP contribution in [0.25, 0.3) is 50.0 Å². The Morgan fingerprint density at radius 2 is 1.73 bits per heavy atom. The molecule has 3 heterocycles. The molecule has 0 spiro atoms. The zero-order chi connectivity index (χ0) is 20.2. The van der Waals surface area contributed by atoms with Gasteiger partial charge < -0.3 is 4.42 Å². The quantitative estimate of drug-likeness (QED) is 0.340. The normalized spacial score (nSPS) is 11.7. The summed E-state index contributed by atoms with van der Waals surface area (Å²) in [4.78, 5) is 9.27. The maximum Gasteiger partial charge on any atom is 0.149 e. The number of nitrogens with zero attached hydrogens (tertiary/aromatic N) is 3. The summed E-state index contributed by atoms with van der Waals surface area (Å²) in [5, 5.41) is 1.23. The zero-order valence-corrected chi connectivity index (χ0v) is 16.1. The first-order valence-corrected chi connectivity index (χ1v) is 9.71. The number of furan rings is 1. The van der Waals surface area contributed by atoms with Crippen molar-refractivity contribution < 1.29 is 8.81 Å². The molecule has 0 fully saturated rings. The van der Waals surface area contributed by atoms with Crippen molar-refractivity contribution in [1.82, 2.24) is 14.5 Å². The van der Waals surface area contributed by atoms with Crippen molar-refractivity contribution in [3.63, 3.8) is 0 Å². The summed E-state index contributed by atoms with van der Waals surface area (Å²) < 4.78 is 23.0. The molecule has 0 radical (unpaired) electrons. The van der Waals surface area contributed by atoms with Crippen molar-refractivity contribution in [3.8, 4) is 17.1 Å². The Hall–Kier alpha value is -3.99. The van der Waals surface area contributed by atoms with Crippen LogP contribution in [0.3, 0.4) is 0 Å². The third-order valence-electron chi connectivity index (χ3n) is 5.41. The number of hydrogen-bond acceptors (Lipinski definition) is 3. The van der Waals surface area contributed by atoms with E-state index in [4.69, 9.17) is 9.40 Å². The lowest BCUT2D eigenvalue weighted by atomic mass is 10.1. The summed E-state index contributed by atoms with van der Waals surface area (Å²) in [5.41, 5.74) is 5.46. The van der Waals surface area contributed by atoms with Gasteiger partial charge in [-0.15, -0.1) is 0 Å². The molecule has 0 atom stereocenters. The molecule has 144 valence electrons. The van der Waals surface area contributed by atoms with Crippen molar-refractivity contribution in [2.24, 2.45) is 0 Å². The third kappa shape index (κ3) is 2.38. The van der Waals surface area contributed by atoms with Gasteiger partial charge in [0, 0.05) is 16.8 Å². The second kappa shape index (κ2) is 6.26. The van der Waals surface area contributed by atoms with Crippen LogP contribution in [0.5, 0.6) is 0 Å². The molecule has 4 nitrogen and oxygen atoms in total. The highest BCUT2D eigenvalue weighted by Crippen LogP contribution is 2.38.